The van der Waals surface area contributed by atoms with Crippen molar-refractivity contribution in [1.82, 2.24) is 4.98 Å². The molecule has 6 nitrogen and oxygen atoms in total. The molecule has 1 heterocycles. The normalized spacial score (nSPS) is 10.4. The minimum atomic E-state index is -4.58. The number of hydrogen-bond donors (Lipinski definition) is 1. The van der Waals surface area contributed by atoms with Gasteiger partial charge in [-0.15, -0.1) is 0 Å². The van der Waals surface area contributed by atoms with E-state index in [9.17, 15) is 13.2 Å². The Bertz CT molecular complexity index is 932. The van der Waals surface area contributed by atoms with E-state index in [-0.39, 0.29) is 27.4 Å². The van der Waals surface area contributed by atoms with Crippen molar-refractivity contribution in [3.8, 4) is 23.8 Å². The van der Waals surface area contributed by atoms with Crippen molar-refractivity contribution in [2.75, 3.05) is 5.43 Å². The van der Waals surface area contributed by atoms with Crippen LogP contribution in [0.1, 0.15) is 5.56 Å². The number of nitrogens with zero attached hydrogens (tertiary/aromatic N) is 4. The Morgan fingerprint density at radius 1 is 1.15 bits per heavy atom. The Morgan fingerprint density at radius 3 is 2.38 bits per heavy atom. The van der Waals surface area contributed by atoms with E-state index in [0.717, 1.165) is 0 Å². The Balaban J connectivity index is 2.20. The van der Waals surface area contributed by atoms with E-state index in [0.29, 0.717) is 18.0 Å². The number of nitriles is 2. The second-order valence-corrected chi connectivity index (χ2v) is 5.37. The van der Waals surface area contributed by atoms with Crippen molar-refractivity contribution in [3.63, 3.8) is 0 Å². The van der Waals surface area contributed by atoms with Gasteiger partial charge in [-0.1, -0.05) is 23.2 Å². The fourth-order valence-corrected chi connectivity index (χ4v) is 2.03. The molecule has 0 aliphatic rings. The zero-order valence-electron chi connectivity index (χ0n) is 12.5. The summed E-state index contributed by atoms with van der Waals surface area (Å²) < 4.78 is 43.1. The van der Waals surface area contributed by atoms with Crippen LogP contribution in [0, 0.1) is 22.7 Å². The molecule has 0 unspecified atom stereocenters. The third-order valence-electron chi connectivity index (χ3n) is 2.78. The van der Waals surface area contributed by atoms with E-state index in [4.69, 9.17) is 38.5 Å². The lowest BCUT2D eigenvalue weighted by atomic mass is 10.3. The number of anilines is 1. The van der Waals surface area contributed by atoms with Crippen molar-refractivity contribution in [2.45, 2.75) is 6.18 Å². The number of benzene rings is 1. The van der Waals surface area contributed by atoms with E-state index in [1.165, 1.54) is 18.2 Å². The van der Waals surface area contributed by atoms with Crippen LogP contribution in [0.3, 0.4) is 0 Å². The maximum Gasteiger partial charge on any atom is 0.417 e. The summed E-state index contributed by atoms with van der Waals surface area (Å²) in [6.45, 7) is 0. The summed E-state index contributed by atoms with van der Waals surface area (Å²) in [4.78, 5) is 3.54. The van der Waals surface area contributed by atoms with Gasteiger partial charge < -0.3 is 4.74 Å². The van der Waals surface area contributed by atoms with Crippen LogP contribution in [0.5, 0.6) is 11.6 Å². The van der Waals surface area contributed by atoms with E-state index >= 15 is 0 Å². The Labute approximate surface area is 155 Å². The molecule has 2 rings (SSSR count). The summed E-state index contributed by atoms with van der Waals surface area (Å²) in [5.74, 6) is -0.173. The zero-order chi connectivity index (χ0) is 19.3. The van der Waals surface area contributed by atoms with Crippen LogP contribution in [-0.2, 0) is 6.18 Å². The van der Waals surface area contributed by atoms with E-state index < -0.39 is 11.7 Å². The van der Waals surface area contributed by atoms with Crippen LogP contribution in [0.15, 0.2) is 35.6 Å². The van der Waals surface area contributed by atoms with Crippen molar-refractivity contribution in [2.24, 2.45) is 5.10 Å². The van der Waals surface area contributed by atoms with Crippen LogP contribution in [-0.4, -0.2) is 10.7 Å². The molecule has 0 aliphatic heterocycles. The molecule has 11 heteroatoms. The highest BCUT2D eigenvalue weighted by atomic mass is 35.5. The van der Waals surface area contributed by atoms with Crippen molar-refractivity contribution >= 4 is 34.6 Å². The molecule has 1 aromatic heterocycles. The average molecular weight is 400 g/mol. The molecule has 0 fully saturated rings. The van der Waals surface area contributed by atoms with Crippen molar-refractivity contribution in [1.29, 1.82) is 10.5 Å². The predicted molar refractivity (Wildman–Crippen MR) is 88.1 cm³/mol. The number of alkyl halides is 3. The van der Waals surface area contributed by atoms with Gasteiger partial charge in [-0.25, -0.2) is 4.98 Å². The monoisotopic (exact) mass is 399 g/mol. The maximum atomic E-state index is 12.6. The number of nitrogens with one attached hydrogen (secondary N) is 1. The van der Waals surface area contributed by atoms with Crippen LogP contribution in [0.4, 0.5) is 18.9 Å². The van der Waals surface area contributed by atoms with Gasteiger partial charge in [-0.3, -0.25) is 5.43 Å². The molecule has 0 bridgehead atoms. The first-order chi connectivity index (χ1) is 12.2. The van der Waals surface area contributed by atoms with Gasteiger partial charge in [0.2, 0.25) is 11.6 Å². The van der Waals surface area contributed by atoms with Crippen molar-refractivity contribution < 1.29 is 17.9 Å². The maximum absolute atomic E-state index is 12.6. The third kappa shape index (κ3) is 4.76. The Hall–Kier alpha value is -3.01. The van der Waals surface area contributed by atoms with E-state index in [2.05, 4.69) is 15.5 Å². The minimum absolute atomic E-state index is 0.0680. The minimum Gasteiger partial charge on any atom is -0.436 e. The van der Waals surface area contributed by atoms with Gasteiger partial charge in [-0.05, 0) is 24.3 Å². The van der Waals surface area contributed by atoms with E-state index in [1.807, 2.05) is 0 Å². The molecule has 0 saturated heterocycles. The summed E-state index contributed by atoms with van der Waals surface area (Å²) in [5.41, 5.74) is 1.40. The Morgan fingerprint density at radius 2 is 1.85 bits per heavy atom. The molecule has 0 aliphatic carbocycles. The van der Waals surface area contributed by atoms with Gasteiger partial charge in [-0.2, -0.15) is 28.8 Å². The van der Waals surface area contributed by atoms with Gasteiger partial charge in [0.05, 0.1) is 16.3 Å². The quantitative estimate of drug-likeness (QED) is 0.575. The van der Waals surface area contributed by atoms with Gasteiger partial charge in [0, 0.05) is 6.20 Å². The standard InChI is InChI=1S/C15H6Cl2F3N5O/c16-11-4-9(24-25-10(5-21)6-22)1-2-13(11)26-14-12(17)3-8(7-23-14)15(18,19)20/h1-4,7,24H. The van der Waals surface area contributed by atoms with Crippen LogP contribution in [0.25, 0.3) is 0 Å². The first-order valence-electron chi connectivity index (χ1n) is 6.58. The van der Waals surface area contributed by atoms with Crippen molar-refractivity contribution in [3.05, 3.63) is 46.1 Å². The van der Waals surface area contributed by atoms with Gasteiger partial charge in [0.1, 0.15) is 22.9 Å². The summed E-state index contributed by atoms with van der Waals surface area (Å²) in [5, 5.41) is 20.4. The lowest BCUT2D eigenvalue weighted by Gasteiger charge is -2.11. The number of hydrogen-bond acceptors (Lipinski definition) is 6. The molecule has 0 radical (unpaired) electrons. The average Bonchev–Trinajstić information content (AvgIpc) is 2.58. The number of hydrazone groups is 1. The summed E-state index contributed by atoms with van der Waals surface area (Å²) in [7, 11) is 0. The number of aromatic nitrogens is 1. The second kappa shape index (κ2) is 7.91. The van der Waals surface area contributed by atoms with Crippen LogP contribution >= 0.6 is 23.2 Å². The number of ether oxygens (including phenoxy) is 1. The topological polar surface area (TPSA) is 94.1 Å². The van der Waals surface area contributed by atoms with E-state index in [1.54, 1.807) is 12.1 Å². The SMILES string of the molecule is N#CC(C#N)=NNc1ccc(Oc2ncc(C(F)(F)F)cc2Cl)c(Cl)c1. The van der Waals surface area contributed by atoms with Crippen LogP contribution < -0.4 is 10.2 Å². The highest BCUT2D eigenvalue weighted by Gasteiger charge is 2.31. The highest BCUT2D eigenvalue weighted by Crippen LogP contribution is 2.37. The second-order valence-electron chi connectivity index (χ2n) is 4.55. The first kappa shape index (κ1) is 19.3. The zero-order valence-corrected chi connectivity index (χ0v) is 14.0. The lowest BCUT2D eigenvalue weighted by Crippen LogP contribution is -2.05. The Kier molecular flexibility index (Phi) is 5.88. The number of rotatable bonds is 4. The fraction of sp³-hybridized carbons (Fsp3) is 0.0667. The molecule has 132 valence electrons. The summed E-state index contributed by atoms with van der Waals surface area (Å²) in [6, 6.07) is 8.03. The molecular formula is C15H6Cl2F3N5O. The summed E-state index contributed by atoms with van der Waals surface area (Å²) in [6.07, 6.45) is -3.99. The number of halogens is 5. The molecule has 0 spiro atoms. The predicted octanol–water partition coefficient (Wildman–Crippen LogP) is 5.01. The molecule has 0 saturated carbocycles. The lowest BCUT2D eigenvalue weighted by molar-refractivity contribution is -0.137. The molecule has 0 atom stereocenters. The van der Waals surface area contributed by atoms with Gasteiger partial charge >= 0.3 is 6.18 Å². The molecule has 0 amide bonds. The molecule has 1 aromatic carbocycles. The molecule has 2 aromatic rings. The van der Waals surface area contributed by atoms with Crippen LogP contribution in [0.2, 0.25) is 10.0 Å². The first-order valence-corrected chi connectivity index (χ1v) is 7.34. The fourth-order valence-electron chi connectivity index (χ4n) is 1.61. The molecular weight excluding hydrogens is 394 g/mol. The highest BCUT2D eigenvalue weighted by molar-refractivity contribution is 6.33. The van der Waals surface area contributed by atoms with Gasteiger partial charge in [0.25, 0.3) is 0 Å². The third-order valence-corrected chi connectivity index (χ3v) is 3.35. The molecule has 1 N–H and O–H groups in total. The summed E-state index contributed by atoms with van der Waals surface area (Å²) >= 11 is 11.8. The van der Waals surface area contributed by atoms with Gasteiger partial charge in [0.15, 0.2) is 0 Å². The largest absolute Gasteiger partial charge is 0.436 e. The smallest absolute Gasteiger partial charge is 0.417 e. The number of pyridine rings is 1. The molecule has 26 heavy (non-hydrogen) atoms.